The van der Waals surface area contributed by atoms with Crippen molar-refractivity contribution < 1.29 is 4.79 Å². The maximum atomic E-state index is 11.9. The van der Waals surface area contributed by atoms with Crippen LogP contribution in [-0.4, -0.2) is 49.7 Å². The van der Waals surface area contributed by atoms with Crippen LogP contribution in [0.4, 0.5) is 5.69 Å². The molecule has 1 heterocycles. The van der Waals surface area contributed by atoms with Crippen LogP contribution in [-0.2, 0) is 4.79 Å². The minimum atomic E-state index is -0.0438. The van der Waals surface area contributed by atoms with E-state index in [1.165, 1.54) is 5.69 Å². The predicted molar refractivity (Wildman–Crippen MR) is 102 cm³/mol. The van der Waals surface area contributed by atoms with Crippen molar-refractivity contribution in [2.75, 3.05) is 37.6 Å². The van der Waals surface area contributed by atoms with E-state index in [0.717, 1.165) is 38.3 Å². The van der Waals surface area contributed by atoms with E-state index in [1.807, 2.05) is 36.4 Å². The van der Waals surface area contributed by atoms with Crippen molar-refractivity contribution in [1.29, 1.82) is 0 Å². The molecule has 0 atom stereocenters. The van der Waals surface area contributed by atoms with Crippen molar-refractivity contribution in [1.82, 2.24) is 10.3 Å². The summed E-state index contributed by atoms with van der Waals surface area (Å²) >= 11 is 0. The number of nitrogens with zero attached hydrogens (tertiary/aromatic N) is 3. The Hall–Kier alpha value is -2.66. The SMILES string of the molecule is O=C(CCN1CCN(c2ccccc2)CC1)N/N=C\c1ccccc1. The molecule has 0 aromatic heterocycles. The third-order valence-electron chi connectivity index (χ3n) is 4.35. The van der Waals surface area contributed by atoms with E-state index in [2.05, 4.69) is 44.6 Å². The van der Waals surface area contributed by atoms with Gasteiger partial charge in [0.15, 0.2) is 0 Å². The quantitative estimate of drug-likeness (QED) is 0.651. The highest BCUT2D eigenvalue weighted by atomic mass is 16.2. The molecule has 5 nitrogen and oxygen atoms in total. The third kappa shape index (κ3) is 5.43. The minimum Gasteiger partial charge on any atom is -0.369 e. The smallest absolute Gasteiger partial charge is 0.241 e. The largest absolute Gasteiger partial charge is 0.369 e. The molecule has 0 radical (unpaired) electrons. The summed E-state index contributed by atoms with van der Waals surface area (Å²) in [7, 11) is 0. The second-order valence-corrected chi connectivity index (χ2v) is 6.12. The molecule has 0 unspecified atom stereocenters. The summed E-state index contributed by atoms with van der Waals surface area (Å²) in [4.78, 5) is 16.6. The van der Waals surface area contributed by atoms with Gasteiger partial charge >= 0.3 is 0 Å². The Labute approximate surface area is 148 Å². The van der Waals surface area contributed by atoms with E-state index in [1.54, 1.807) is 6.21 Å². The molecule has 2 aromatic carbocycles. The molecular formula is C20H24N4O. The average molecular weight is 336 g/mol. The van der Waals surface area contributed by atoms with Gasteiger partial charge in [-0.2, -0.15) is 5.10 Å². The number of rotatable bonds is 6. The van der Waals surface area contributed by atoms with Crippen LogP contribution in [0.3, 0.4) is 0 Å². The van der Waals surface area contributed by atoms with Crippen molar-refractivity contribution in [3.05, 3.63) is 66.2 Å². The number of piperazine rings is 1. The summed E-state index contributed by atoms with van der Waals surface area (Å²) in [6.07, 6.45) is 2.13. The highest BCUT2D eigenvalue weighted by Gasteiger charge is 2.17. The number of hydrazone groups is 1. The molecule has 1 aliphatic rings. The predicted octanol–water partition coefficient (Wildman–Crippen LogP) is 2.35. The molecular weight excluding hydrogens is 312 g/mol. The summed E-state index contributed by atoms with van der Waals surface area (Å²) in [5, 5.41) is 4.01. The van der Waals surface area contributed by atoms with Gasteiger partial charge in [-0.15, -0.1) is 0 Å². The van der Waals surface area contributed by atoms with Crippen LogP contribution >= 0.6 is 0 Å². The van der Waals surface area contributed by atoms with Crippen molar-refractivity contribution in [3.8, 4) is 0 Å². The first-order valence-electron chi connectivity index (χ1n) is 8.70. The van der Waals surface area contributed by atoms with Crippen LogP contribution < -0.4 is 10.3 Å². The maximum Gasteiger partial charge on any atom is 0.241 e. The number of hydrogen-bond acceptors (Lipinski definition) is 4. The first-order valence-corrected chi connectivity index (χ1v) is 8.70. The molecule has 0 saturated carbocycles. The number of nitrogens with one attached hydrogen (secondary N) is 1. The lowest BCUT2D eigenvalue weighted by Gasteiger charge is -2.36. The molecule has 1 saturated heterocycles. The Balaban J connectivity index is 1.35. The second-order valence-electron chi connectivity index (χ2n) is 6.12. The molecule has 1 amide bonds. The lowest BCUT2D eigenvalue weighted by molar-refractivity contribution is -0.121. The first kappa shape index (κ1) is 17.2. The van der Waals surface area contributed by atoms with E-state index in [-0.39, 0.29) is 5.91 Å². The Morgan fingerprint density at radius 3 is 2.28 bits per heavy atom. The van der Waals surface area contributed by atoms with Crippen LogP contribution in [0, 0.1) is 0 Å². The highest BCUT2D eigenvalue weighted by molar-refractivity contribution is 5.82. The van der Waals surface area contributed by atoms with Gasteiger partial charge in [-0.25, -0.2) is 5.43 Å². The zero-order valence-electron chi connectivity index (χ0n) is 14.3. The van der Waals surface area contributed by atoms with Crippen LogP contribution in [0.1, 0.15) is 12.0 Å². The van der Waals surface area contributed by atoms with E-state index in [4.69, 9.17) is 0 Å². The monoisotopic (exact) mass is 336 g/mol. The van der Waals surface area contributed by atoms with Crippen LogP contribution in [0.25, 0.3) is 0 Å². The molecule has 25 heavy (non-hydrogen) atoms. The zero-order chi connectivity index (χ0) is 17.3. The third-order valence-corrected chi connectivity index (χ3v) is 4.35. The average Bonchev–Trinajstić information content (AvgIpc) is 2.68. The van der Waals surface area contributed by atoms with Gasteiger partial charge in [-0.05, 0) is 17.7 Å². The van der Waals surface area contributed by atoms with Gasteiger partial charge in [0, 0.05) is 44.8 Å². The fourth-order valence-electron chi connectivity index (χ4n) is 2.90. The van der Waals surface area contributed by atoms with E-state index in [0.29, 0.717) is 6.42 Å². The summed E-state index contributed by atoms with van der Waals surface area (Å²) < 4.78 is 0. The van der Waals surface area contributed by atoms with Crippen molar-refractivity contribution in [2.45, 2.75) is 6.42 Å². The normalized spacial score (nSPS) is 15.4. The molecule has 0 aliphatic carbocycles. The number of carbonyl (C=O) groups is 1. The second kappa shape index (κ2) is 8.99. The molecule has 1 N–H and O–H groups in total. The maximum absolute atomic E-state index is 11.9. The molecule has 3 rings (SSSR count). The van der Waals surface area contributed by atoms with Crippen LogP contribution in [0.2, 0.25) is 0 Å². The van der Waals surface area contributed by atoms with Gasteiger partial charge in [0.1, 0.15) is 0 Å². The van der Waals surface area contributed by atoms with Crippen LogP contribution in [0.5, 0.6) is 0 Å². The molecule has 5 heteroatoms. The molecule has 0 bridgehead atoms. The lowest BCUT2D eigenvalue weighted by Crippen LogP contribution is -2.47. The Kier molecular flexibility index (Phi) is 6.17. The van der Waals surface area contributed by atoms with Crippen LogP contribution in [0.15, 0.2) is 65.8 Å². The van der Waals surface area contributed by atoms with E-state index >= 15 is 0 Å². The van der Waals surface area contributed by atoms with E-state index < -0.39 is 0 Å². The highest BCUT2D eigenvalue weighted by Crippen LogP contribution is 2.15. The molecule has 1 aliphatic heterocycles. The molecule has 0 spiro atoms. The number of anilines is 1. The number of para-hydroxylation sites is 1. The topological polar surface area (TPSA) is 47.9 Å². The zero-order valence-corrected chi connectivity index (χ0v) is 14.3. The minimum absolute atomic E-state index is 0.0438. The lowest BCUT2D eigenvalue weighted by atomic mass is 10.2. The summed E-state index contributed by atoms with van der Waals surface area (Å²) in [6.45, 7) is 4.73. The summed E-state index contributed by atoms with van der Waals surface area (Å²) in [5.41, 5.74) is 4.84. The van der Waals surface area contributed by atoms with Gasteiger partial charge in [0.05, 0.1) is 6.21 Å². The number of hydrogen-bond donors (Lipinski definition) is 1. The van der Waals surface area contributed by atoms with E-state index in [9.17, 15) is 4.79 Å². The van der Waals surface area contributed by atoms with Gasteiger partial charge in [0.25, 0.3) is 0 Å². The van der Waals surface area contributed by atoms with Gasteiger partial charge in [-0.3, -0.25) is 9.69 Å². The van der Waals surface area contributed by atoms with Crippen molar-refractivity contribution in [3.63, 3.8) is 0 Å². The Bertz CT molecular complexity index is 679. The molecule has 1 fully saturated rings. The number of amides is 1. The fourth-order valence-corrected chi connectivity index (χ4v) is 2.90. The van der Waals surface area contributed by atoms with Gasteiger partial charge in [0.2, 0.25) is 5.91 Å². The van der Waals surface area contributed by atoms with Gasteiger partial charge < -0.3 is 4.90 Å². The molecule has 2 aromatic rings. The number of carbonyl (C=O) groups excluding carboxylic acids is 1. The van der Waals surface area contributed by atoms with Gasteiger partial charge in [-0.1, -0.05) is 48.5 Å². The fraction of sp³-hybridized carbons (Fsp3) is 0.300. The van der Waals surface area contributed by atoms with Crippen molar-refractivity contribution in [2.24, 2.45) is 5.10 Å². The Morgan fingerprint density at radius 2 is 1.60 bits per heavy atom. The molecule has 130 valence electrons. The standard InChI is InChI=1S/C20H24N4O/c25-20(22-21-17-18-7-3-1-4-8-18)11-12-23-13-15-24(16-14-23)19-9-5-2-6-10-19/h1-10,17H,11-16H2,(H,22,25)/b21-17-. The Morgan fingerprint density at radius 1 is 0.960 bits per heavy atom. The summed E-state index contributed by atoms with van der Waals surface area (Å²) in [5.74, 6) is -0.0438. The summed E-state index contributed by atoms with van der Waals surface area (Å²) in [6, 6.07) is 20.2. The number of benzene rings is 2. The van der Waals surface area contributed by atoms with Crippen molar-refractivity contribution >= 4 is 17.8 Å². The first-order chi connectivity index (χ1) is 12.3.